The van der Waals surface area contributed by atoms with Crippen molar-refractivity contribution in [1.29, 1.82) is 0 Å². The van der Waals surface area contributed by atoms with Crippen molar-refractivity contribution in [2.24, 2.45) is 0 Å². The number of nitrogens with one attached hydrogen (secondary N) is 1. The summed E-state index contributed by atoms with van der Waals surface area (Å²) in [4.78, 5) is 13.8. The van der Waals surface area contributed by atoms with Crippen LogP contribution in [0.2, 0.25) is 0 Å². The van der Waals surface area contributed by atoms with Crippen molar-refractivity contribution in [2.75, 3.05) is 38.2 Å². The SMILES string of the molecule is CSCCNCC(=O)N1CCCCCC1. The topological polar surface area (TPSA) is 32.3 Å². The lowest BCUT2D eigenvalue weighted by Crippen LogP contribution is -2.39. The highest BCUT2D eigenvalue weighted by Gasteiger charge is 2.14. The van der Waals surface area contributed by atoms with Gasteiger partial charge >= 0.3 is 0 Å². The van der Waals surface area contributed by atoms with Crippen LogP contribution in [0.5, 0.6) is 0 Å². The molecule has 1 fully saturated rings. The van der Waals surface area contributed by atoms with Crippen LogP contribution in [-0.2, 0) is 4.79 Å². The van der Waals surface area contributed by atoms with Crippen molar-refractivity contribution in [2.45, 2.75) is 25.7 Å². The van der Waals surface area contributed by atoms with Crippen molar-refractivity contribution in [3.63, 3.8) is 0 Å². The first-order valence-corrected chi connectivity index (χ1v) is 7.21. The average molecular weight is 230 g/mol. The number of hydrogen-bond donors (Lipinski definition) is 1. The summed E-state index contributed by atoms with van der Waals surface area (Å²) in [6.07, 6.45) is 7.00. The van der Waals surface area contributed by atoms with E-state index >= 15 is 0 Å². The summed E-state index contributed by atoms with van der Waals surface area (Å²) in [6.45, 7) is 3.37. The summed E-state index contributed by atoms with van der Waals surface area (Å²) in [7, 11) is 0. The highest BCUT2D eigenvalue weighted by Crippen LogP contribution is 2.09. The van der Waals surface area contributed by atoms with Crippen LogP contribution in [0.4, 0.5) is 0 Å². The Balaban J connectivity index is 2.14. The molecule has 0 aromatic heterocycles. The fourth-order valence-electron chi connectivity index (χ4n) is 1.80. The van der Waals surface area contributed by atoms with Gasteiger partial charge in [0.05, 0.1) is 6.54 Å². The number of nitrogens with zero attached hydrogens (tertiary/aromatic N) is 1. The van der Waals surface area contributed by atoms with Gasteiger partial charge in [0.2, 0.25) is 5.91 Å². The molecule has 0 bridgehead atoms. The minimum atomic E-state index is 0.276. The van der Waals surface area contributed by atoms with Crippen molar-refractivity contribution in [3.05, 3.63) is 0 Å². The first kappa shape index (κ1) is 12.8. The van der Waals surface area contributed by atoms with Gasteiger partial charge in [-0.25, -0.2) is 0 Å². The predicted molar refractivity (Wildman–Crippen MR) is 66.3 cm³/mol. The van der Waals surface area contributed by atoms with Gasteiger partial charge in [0.1, 0.15) is 0 Å². The van der Waals surface area contributed by atoms with Gasteiger partial charge in [0.15, 0.2) is 0 Å². The lowest BCUT2D eigenvalue weighted by molar-refractivity contribution is -0.130. The fraction of sp³-hybridized carbons (Fsp3) is 0.909. The normalized spacial score (nSPS) is 17.5. The molecule has 1 amide bonds. The van der Waals surface area contributed by atoms with Crippen LogP contribution in [-0.4, -0.2) is 49.0 Å². The third-order valence-corrected chi connectivity index (χ3v) is 3.33. The molecule has 0 aromatic rings. The molecule has 1 aliphatic heterocycles. The highest BCUT2D eigenvalue weighted by molar-refractivity contribution is 7.98. The van der Waals surface area contributed by atoms with Gasteiger partial charge in [0.25, 0.3) is 0 Å². The van der Waals surface area contributed by atoms with Crippen LogP contribution in [0, 0.1) is 0 Å². The molecule has 0 aliphatic carbocycles. The molecule has 3 nitrogen and oxygen atoms in total. The lowest BCUT2D eigenvalue weighted by Gasteiger charge is -2.20. The zero-order valence-electron chi connectivity index (χ0n) is 9.63. The molecule has 88 valence electrons. The van der Waals surface area contributed by atoms with E-state index in [0.717, 1.165) is 25.4 Å². The molecule has 4 heteroatoms. The molecule has 0 aromatic carbocycles. The zero-order valence-corrected chi connectivity index (χ0v) is 10.4. The average Bonchev–Trinajstić information content (AvgIpc) is 2.52. The van der Waals surface area contributed by atoms with Gasteiger partial charge < -0.3 is 10.2 Å². The van der Waals surface area contributed by atoms with Crippen LogP contribution >= 0.6 is 11.8 Å². The Kier molecular flexibility index (Phi) is 6.85. The molecule has 1 N–H and O–H groups in total. The number of thioether (sulfide) groups is 1. The maximum Gasteiger partial charge on any atom is 0.236 e. The molecule has 1 aliphatic rings. The standard InChI is InChI=1S/C11H22N2OS/c1-15-9-6-12-10-11(14)13-7-4-2-3-5-8-13/h12H,2-10H2,1H3. The quantitative estimate of drug-likeness (QED) is 0.724. The number of hydrogen-bond acceptors (Lipinski definition) is 3. The summed E-state index contributed by atoms with van der Waals surface area (Å²) in [6, 6.07) is 0. The summed E-state index contributed by atoms with van der Waals surface area (Å²) < 4.78 is 0. The lowest BCUT2D eigenvalue weighted by atomic mass is 10.2. The molecule has 0 saturated carbocycles. The van der Waals surface area contributed by atoms with Crippen LogP contribution in [0.15, 0.2) is 0 Å². The number of carbonyl (C=O) groups excluding carboxylic acids is 1. The molecule has 1 rings (SSSR count). The van der Waals surface area contributed by atoms with Gasteiger partial charge in [0, 0.05) is 25.4 Å². The van der Waals surface area contributed by atoms with Gasteiger partial charge in [-0.3, -0.25) is 4.79 Å². The Morgan fingerprint density at radius 1 is 1.27 bits per heavy atom. The van der Waals surface area contributed by atoms with E-state index < -0.39 is 0 Å². The summed E-state index contributed by atoms with van der Waals surface area (Å²) in [5.41, 5.74) is 0. The largest absolute Gasteiger partial charge is 0.342 e. The number of carbonyl (C=O) groups is 1. The van der Waals surface area contributed by atoms with E-state index in [0.29, 0.717) is 6.54 Å². The fourth-order valence-corrected chi connectivity index (χ4v) is 2.15. The second-order valence-electron chi connectivity index (χ2n) is 3.96. The maximum absolute atomic E-state index is 11.8. The van der Waals surface area contributed by atoms with E-state index in [4.69, 9.17) is 0 Å². The maximum atomic E-state index is 11.8. The third kappa shape index (κ3) is 5.42. The number of rotatable bonds is 5. The van der Waals surface area contributed by atoms with E-state index in [1.54, 1.807) is 11.8 Å². The zero-order chi connectivity index (χ0) is 10.9. The summed E-state index contributed by atoms with van der Waals surface area (Å²) in [5, 5.41) is 3.19. The Labute approximate surface area is 97.0 Å². The summed E-state index contributed by atoms with van der Waals surface area (Å²) in [5.74, 6) is 1.35. The van der Waals surface area contributed by atoms with E-state index in [2.05, 4.69) is 11.6 Å². The molecule has 15 heavy (non-hydrogen) atoms. The van der Waals surface area contributed by atoms with Crippen molar-refractivity contribution in [3.8, 4) is 0 Å². The second-order valence-corrected chi connectivity index (χ2v) is 4.95. The van der Waals surface area contributed by atoms with Gasteiger partial charge in [-0.2, -0.15) is 11.8 Å². The Morgan fingerprint density at radius 2 is 1.93 bits per heavy atom. The van der Waals surface area contributed by atoms with Gasteiger partial charge in [-0.15, -0.1) is 0 Å². The Morgan fingerprint density at radius 3 is 2.53 bits per heavy atom. The first-order chi connectivity index (χ1) is 7.34. The first-order valence-electron chi connectivity index (χ1n) is 5.82. The van der Waals surface area contributed by atoms with E-state index in [1.165, 1.54) is 25.7 Å². The van der Waals surface area contributed by atoms with Crippen molar-refractivity contribution in [1.82, 2.24) is 10.2 Å². The van der Waals surface area contributed by atoms with E-state index in [1.807, 2.05) is 4.90 Å². The third-order valence-electron chi connectivity index (χ3n) is 2.72. The molecular formula is C11H22N2OS. The molecule has 0 atom stereocenters. The van der Waals surface area contributed by atoms with Crippen molar-refractivity contribution < 1.29 is 4.79 Å². The second kappa shape index (κ2) is 7.99. The van der Waals surface area contributed by atoms with Crippen LogP contribution < -0.4 is 5.32 Å². The van der Waals surface area contributed by atoms with E-state index in [9.17, 15) is 4.79 Å². The molecular weight excluding hydrogens is 208 g/mol. The van der Waals surface area contributed by atoms with Crippen LogP contribution in [0.3, 0.4) is 0 Å². The predicted octanol–water partition coefficient (Wildman–Crippen LogP) is 1.34. The van der Waals surface area contributed by atoms with E-state index in [-0.39, 0.29) is 5.91 Å². The Hall–Kier alpha value is -0.220. The highest BCUT2D eigenvalue weighted by atomic mass is 32.2. The monoisotopic (exact) mass is 230 g/mol. The number of likely N-dealkylation sites (tertiary alicyclic amines) is 1. The summed E-state index contributed by atoms with van der Waals surface area (Å²) >= 11 is 1.80. The van der Waals surface area contributed by atoms with Crippen LogP contribution in [0.1, 0.15) is 25.7 Å². The van der Waals surface area contributed by atoms with Crippen LogP contribution in [0.25, 0.3) is 0 Å². The minimum absolute atomic E-state index is 0.276. The molecule has 0 spiro atoms. The Bertz CT molecular complexity index is 179. The molecule has 0 radical (unpaired) electrons. The number of amides is 1. The molecule has 1 heterocycles. The van der Waals surface area contributed by atoms with Crippen molar-refractivity contribution >= 4 is 17.7 Å². The molecule has 0 unspecified atom stereocenters. The molecule has 1 saturated heterocycles. The smallest absolute Gasteiger partial charge is 0.236 e. The van der Waals surface area contributed by atoms with Gasteiger partial charge in [-0.1, -0.05) is 12.8 Å². The minimum Gasteiger partial charge on any atom is -0.342 e. The van der Waals surface area contributed by atoms with Gasteiger partial charge in [-0.05, 0) is 19.1 Å².